The van der Waals surface area contributed by atoms with Crippen LogP contribution in [0.25, 0.3) is 0 Å². The molecular formula is C12H25NSi. The Balaban J connectivity index is 0.000000980. The summed E-state index contributed by atoms with van der Waals surface area (Å²) >= 11 is 0. The van der Waals surface area contributed by atoms with E-state index in [1.165, 1.54) is 45.1 Å². The molecule has 0 aromatic heterocycles. The smallest absolute Gasteiger partial charge is 0.0163 e. The topological polar surface area (TPSA) is 3.24 Å². The highest BCUT2D eigenvalue weighted by atomic mass is 28.1. The fourth-order valence-corrected chi connectivity index (χ4v) is 3.12. The van der Waals surface area contributed by atoms with Crippen molar-refractivity contribution in [2.24, 2.45) is 5.92 Å². The molecule has 2 unspecified atom stereocenters. The van der Waals surface area contributed by atoms with Gasteiger partial charge in [0, 0.05) is 12.6 Å². The molecule has 0 amide bonds. The second kappa shape index (κ2) is 5.71. The van der Waals surface area contributed by atoms with Crippen molar-refractivity contribution in [1.82, 2.24) is 4.90 Å². The van der Waals surface area contributed by atoms with E-state index in [1.807, 2.05) is 0 Å². The molecule has 82 valence electrons. The highest BCUT2D eigenvalue weighted by Gasteiger charge is 2.32. The van der Waals surface area contributed by atoms with Crippen LogP contribution in [0.3, 0.4) is 0 Å². The van der Waals surface area contributed by atoms with Gasteiger partial charge in [-0.2, -0.15) is 0 Å². The Morgan fingerprint density at radius 2 is 1.86 bits per heavy atom. The second-order valence-corrected chi connectivity index (χ2v) is 4.54. The average molecular weight is 211 g/mol. The van der Waals surface area contributed by atoms with Crippen molar-refractivity contribution >= 4 is 11.0 Å². The Kier molecular flexibility index (Phi) is 4.89. The summed E-state index contributed by atoms with van der Waals surface area (Å²) in [6, 6.07) is 0.903. The lowest BCUT2D eigenvalue weighted by Gasteiger charge is -2.43. The summed E-state index contributed by atoms with van der Waals surface area (Å²) in [5, 5.41) is 0. The van der Waals surface area contributed by atoms with Crippen LogP contribution in [-0.2, 0) is 0 Å². The molecule has 1 heterocycles. The first-order valence-electron chi connectivity index (χ1n) is 5.77. The third-order valence-corrected chi connectivity index (χ3v) is 3.72. The van der Waals surface area contributed by atoms with Crippen molar-refractivity contribution in [3.63, 3.8) is 0 Å². The Labute approximate surface area is 92.6 Å². The van der Waals surface area contributed by atoms with Crippen molar-refractivity contribution < 1.29 is 0 Å². The van der Waals surface area contributed by atoms with Crippen LogP contribution in [0.5, 0.6) is 0 Å². The van der Waals surface area contributed by atoms with Crippen molar-refractivity contribution in [3.8, 4) is 0 Å². The highest BCUT2D eigenvalue weighted by Crippen LogP contribution is 2.34. The number of fused-ring (bicyclic) bond motifs is 1. The molecule has 1 aliphatic carbocycles. The fraction of sp³-hybridized carbons (Fsp3) is 0.833. The molecule has 0 radical (unpaired) electrons. The van der Waals surface area contributed by atoms with E-state index in [2.05, 4.69) is 17.6 Å². The van der Waals surface area contributed by atoms with Crippen LogP contribution in [0.4, 0.5) is 0 Å². The zero-order chi connectivity index (χ0) is 9.10. The molecule has 2 fully saturated rings. The summed E-state index contributed by atoms with van der Waals surface area (Å²) in [5.74, 6) is 1.02. The Hall–Kier alpha value is -0.0831. The van der Waals surface area contributed by atoms with Gasteiger partial charge in [0.05, 0.1) is 0 Å². The molecule has 0 spiro atoms. The number of likely N-dealkylation sites (tertiary alicyclic amines) is 1. The van der Waals surface area contributed by atoms with E-state index < -0.39 is 0 Å². The molecule has 2 atom stereocenters. The molecule has 0 aromatic rings. The molecule has 2 rings (SSSR count). The number of hydrogen-bond acceptors (Lipinski definition) is 1. The lowest BCUT2D eigenvalue weighted by atomic mass is 9.78. The van der Waals surface area contributed by atoms with Crippen LogP contribution in [0.15, 0.2) is 12.7 Å². The van der Waals surface area contributed by atoms with E-state index in [-0.39, 0.29) is 11.0 Å². The first-order valence-corrected chi connectivity index (χ1v) is 5.77. The van der Waals surface area contributed by atoms with E-state index in [0.29, 0.717) is 0 Å². The summed E-state index contributed by atoms with van der Waals surface area (Å²) in [5.41, 5.74) is 0. The quantitative estimate of drug-likeness (QED) is 0.493. The molecule has 0 bridgehead atoms. The SMILES string of the molecule is C=CCN1CCCC2CCCCC21.[SiH4]. The molecule has 0 N–H and O–H groups in total. The van der Waals surface area contributed by atoms with Gasteiger partial charge in [0.15, 0.2) is 0 Å². The summed E-state index contributed by atoms with van der Waals surface area (Å²) in [4.78, 5) is 2.65. The van der Waals surface area contributed by atoms with Gasteiger partial charge < -0.3 is 0 Å². The summed E-state index contributed by atoms with van der Waals surface area (Å²) in [6.45, 7) is 6.28. The molecule has 14 heavy (non-hydrogen) atoms. The minimum Gasteiger partial charge on any atom is -0.296 e. The number of nitrogens with zero attached hydrogens (tertiary/aromatic N) is 1. The van der Waals surface area contributed by atoms with Crippen LogP contribution in [-0.4, -0.2) is 35.0 Å². The molecule has 1 saturated carbocycles. The standard InChI is InChI=1S/C12H21N.H4Si/c1-2-9-13-10-5-7-11-6-3-4-8-12(11)13;/h2,11-12H,1,3-10H2;1H4. The molecule has 2 aliphatic rings. The average Bonchev–Trinajstić information content (AvgIpc) is 2.19. The molecule has 1 aliphatic heterocycles. The maximum absolute atomic E-state index is 3.85. The highest BCUT2D eigenvalue weighted by molar-refractivity contribution is 5.75. The Morgan fingerprint density at radius 3 is 2.64 bits per heavy atom. The zero-order valence-electron chi connectivity index (χ0n) is 8.54. The van der Waals surface area contributed by atoms with Crippen LogP contribution in [0.2, 0.25) is 0 Å². The van der Waals surface area contributed by atoms with Crippen molar-refractivity contribution in [2.75, 3.05) is 13.1 Å². The summed E-state index contributed by atoms with van der Waals surface area (Å²) in [7, 11) is 0. The van der Waals surface area contributed by atoms with E-state index in [9.17, 15) is 0 Å². The van der Waals surface area contributed by atoms with Crippen LogP contribution >= 0.6 is 0 Å². The maximum atomic E-state index is 3.85. The molecule has 1 saturated heterocycles. The normalized spacial score (nSPS) is 32.9. The summed E-state index contributed by atoms with van der Waals surface area (Å²) in [6.07, 6.45) is 10.8. The summed E-state index contributed by atoms with van der Waals surface area (Å²) < 4.78 is 0. The zero-order valence-corrected chi connectivity index (χ0v) is 8.54. The Bertz CT molecular complexity index is 179. The first kappa shape index (κ1) is 12.0. The minimum atomic E-state index is 0. The van der Waals surface area contributed by atoms with Crippen molar-refractivity contribution in [1.29, 1.82) is 0 Å². The van der Waals surface area contributed by atoms with Gasteiger partial charge in [-0.05, 0) is 49.1 Å². The van der Waals surface area contributed by atoms with E-state index in [0.717, 1.165) is 18.5 Å². The van der Waals surface area contributed by atoms with Gasteiger partial charge in [-0.1, -0.05) is 18.9 Å². The largest absolute Gasteiger partial charge is 0.296 e. The number of rotatable bonds is 2. The van der Waals surface area contributed by atoms with E-state index in [4.69, 9.17) is 0 Å². The number of piperidine rings is 1. The predicted octanol–water partition coefficient (Wildman–Crippen LogP) is 1.38. The second-order valence-electron chi connectivity index (χ2n) is 4.54. The van der Waals surface area contributed by atoms with Gasteiger partial charge in [-0.25, -0.2) is 0 Å². The fourth-order valence-electron chi connectivity index (χ4n) is 3.12. The van der Waals surface area contributed by atoms with Gasteiger partial charge in [-0.15, -0.1) is 6.58 Å². The monoisotopic (exact) mass is 211 g/mol. The minimum absolute atomic E-state index is 0. The van der Waals surface area contributed by atoms with Crippen molar-refractivity contribution in [3.05, 3.63) is 12.7 Å². The van der Waals surface area contributed by atoms with Crippen molar-refractivity contribution in [2.45, 2.75) is 44.6 Å². The third kappa shape index (κ3) is 2.48. The third-order valence-electron chi connectivity index (χ3n) is 3.72. The maximum Gasteiger partial charge on any atom is 0.0163 e. The number of hydrogen-bond donors (Lipinski definition) is 0. The molecular weight excluding hydrogens is 186 g/mol. The predicted molar refractivity (Wildman–Crippen MR) is 68.1 cm³/mol. The lowest BCUT2D eigenvalue weighted by molar-refractivity contribution is 0.0712. The lowest BCUT2D eigenvalue weighted by Crippen LogP contribution is -2.46. The van der Waals surface area contributed by atoms with Gasteiger partial charge in [0.25, 0.3) is 0 Å². The van der Waals surface area contributed by atoms with Gasteiger partial charge in [-0.3, -0.25) is 4.90 Å². The van der Waals surface area contributed by atoms with E-state index in [1.54, 1.807) is 0 Å². The Morgan fingerprint density at radius 1 is 1.14 bits per heavy atom. The van der Waals surface area contributed by atoms with E-state index >= 15 is 0 Å². The van der Waals surface area contributed by atoms with Crippen LogP contribution in [0, 0.1) is 5.92 Å². The van der Waals surface area contributed by atoms with Gasteiger partial charge in [0.2, 0.25) is 0 Å². The van der Waals surface area contributed by atoms with Gasteiger partial charge >= 0.3 is 0 Å². The first-order chi connectivity index (χ1) is 6.42. The van der Waals surface area contributed by atoms with Gasteiger partial charge in [0.1, 0.15) is 0 Å². The van der Waals surface area contributed by atoms with Crippen LogP contribution in [0.1, 0.15) is 38.5 Å². The molecule has 2 heteroatoms. The molecule has 1 nitrogen and oxygen atoms in total. The van der Waals surface area contributed by atoms with Crippen LogP contribution < -0.4 is 0 Å². The molecule has 0 aromatic carbocycles.